The summed E-state index contributed by atoms with van der Waals surface area (Å²) in [5, 5.41) is 0. The number of hydrogen-bond acceptors (Lipinski definition) is 4. The van der Waals surface area contributed by atoms with Crippen LogP contribution in [-0.2, 0) is 19.1 Å². The quantitative estimate of drug-likeness (QED) is 0.0702. The standard InChI is InChI=1S/C34H66O4/c1-31(2)25-19-17-23-29-37-33(35)27-21-15-13-11-9-7-5-6-8-10-12-14-16-22-28-34(36)38-30-24-18-20-26-32(3)4/h31-32H,5-30H2,1-4H3. The topological polar surface area (TPSA) is 52.6 Å². The third-order valence-electron chi connectivity index (χ3n) is 7.39. The van der Waals surface area contributed by atoms with Crippen LogP contribution < -0.4 is 0 Å². The molecule has 0 aromatic rings. The van der Waals surface area contributed by atoms with Crippen LogP contribution in [0.4, 0.5) is 0 Å². The molecule has 4 heteroatoms. The Hall–Kier alpha value is -1.06. The minimum absolute atomic E-state index is 0.00498. The van der Waals surface area contributed by atoms with Crippen molar-refractivity contribution in [3.05, 3.63) is 0 Å². The van der Waals surface area contributed by atoms with Crippen molar-refractivity contribution in [1.82, 2.24) is 0 Å². The van der Waals surface area contributed by atoms with E-state index in [9.17, 15) is 9.59 Å². The maximum absolute atomic E-state index is 11.8. The van der Waals surface area contributed by atoms with Gasteiger partial charge in [0.05, 0.1) is 13.2 Å². The molecule has 0 unspecified atom stereocenters. The van der Waals surface area contributed by atoms with E-state index in [4.69, 9.17) is 9.47 Å². The zero-order valence-electron chi connectivity index (χ0n) is 26.2. The normalized spacial score (nSPS) is 11.4. The number of esters is 2. The van der Waals surface area contributed by atoms with Crippen molar-refractivity contribution in [3.63, 3.8) is 0 Å². The van der Waals surface area contributed by atoms with E-state index in [0.29, 0.717) is 26.1 Å². The Labute approximate surface area is 237 Å². The van der Waals surface area contributed by atoms with Crippen molar-refractivity contribution in [3.8, 4) is 0 Å². The monoisotopic (exact) mass is 538 g/mol. The maximum Gasteiger partial charge on any atom is 0.305 e. The number of carbonyl (C=O) groups is 2. The number of carbonyl (C=O) groups excluding carboxylic acids is 2. The lowest BCUT2D eigenvalue weighted by atomic mass is 10.0. The number of rotatable bonds is 29. The molecule has 0 aliphatic rings. The first-order chi connectivity index (χ1) is 18.4. The maximum atomic E-state index is 11.8. The van der Waals surface area contributed by atoms with E-state index < -0.39 is 0 Å². The molecule has 0 bridgehead atoms. The number of hydrogen-bond donors (Lipinski definition) is 0. The van der Waals surface area contributed by atoms with Crippen molar-refractivity contribution >= 4 is 11.9 Å². The number of ether oxygens (including phenoxy) is 2. The lowest BCUT2D eigenvalue weighted by molar-refractivity contribution is -0.144. The fraction of sp³-hybridized carbons (Fsp3) is 0.941. The van der Waals surface area contributed by atoms with Gasteiger partial charge in [-0.15, -0.1) is 0 Å². The van der Waals surface area contributed by atoms with Gasteiger partial charge in [-0.25, -0.2) is 0 Å². The molecule has 0 aromatic carbocycles. The summed E-state index contributed by atoms with van der Waals surface area (Å²) in [6.07, 6.45) is 28.0. The van der Waals surface area contributed by atoms with Crippen LogP contribution in [0.1, 0.15) is 182 Å². The van der Waals surface area contributed by atoms with Crippen molar-refractivity contribution < 1.29 is 19.1 Å². The predicted molar refractivity (Wildman–Crippen MR) is 162 cm³/mol. The molecule has 0 heterocycles. The van der Waals surface area contributed by atoms with Crippen molar-refractivity contribution in [2.24, 2.45) is 11.8 Å². The molecule has 38 heavy (non-hydrogen) atoms. The zero-order valence-corrected chi connectivity index (χ0v) is 26.2. The van der Waals surface area contributed by atoms with Gasteiger partial charge in [0.15, 0.2) is 0 Å². The summed E-state index contributed by atoms with van der Waals surface area (Å²) < 4.78 is 10.7. The molecule has 0 amide bonds. The van der Waals surface area contributed by atoms with Gasteiger partial charge in [-0.3, -0.25) is 9.59 Å². The van der Waals surface area contributed by atoms with Gasteiger partial charge in [0, 0.05) is 12.8 Å². The summed E-state index contributed by atoms with van der Waals surface area (Å²) in [6, 6.07) is 0. The molecule has 0 atom stereocenters. The van der Waals surface area contributed by atoms with Gasteiger partial charge in [-0.05, 0) is 37.5 Å². The minimum atomic E-state index is -0.00498. The van der Waals surface area contributed by atoms with E-state index in [1.54, 1.807) is 0 Å². The van der Waals surface area contributed by atoms with Gasteiger partial charge in [-0.2, -0.15) is 0 Å². The average Bonchev–Trinajstić information content (AvgIpc) is 2.87. The van der Waals surface area contributed by atoms with E-state index in [2.05, 4.69) is 27.7 Å². The van der Waals surface area contributed by atoms with Gasteiger partial charge in [0.1, 0.15) is 0 Å². The fourth-order valence-electron chi connectivity index (χ4n) is 4.84. The first-order valence-electron chi connectivity index (χ1n) is 16.7. The van der Waals surface area contributed by atoms with E-state index in [1.165, 1.54) is 103 Å². The van der Waals surface area contributed by atoms with Crippen LogP contribution in [0.15, 0.2) is 0 Å². The summed E-state index contributed by atoms with van der Waals surface area (Å²) in [5.41, 5.74) is 0. The van der Waals surface area contributed by atoms with E-state index >= 15 is 0 Å². The Bertz CT molecular complexity index is 469. The van der Waals surface area contributed by atoms with Gasteiger partial charge in [-0.1, -0.05) is 143 Å². The third kappa shape index (κ3) is 31.2. The van der Waals surface area contributed by atoms with Crippen molar-refractivity contribution in [1.29, 1.82) is 0 Å². The lowest BCUT2D eigenvalue weighted by Gasteiger charge is -2.06. The molecule has 226 valence electrons. The molecule has 0 aromatic heterocycles. The molecule has 0 radical (unpaired) electrons. The molecule has 0 spiro atoms. The second kappa shape index (κ2) is 28.9. The van der Waals surface area contributed by atoms with Crippen molar-refractivity contribution in [2.45, 2.75) is 182 Å². The molecule has 0 aliphatic carbocycles. The Balaban J connectivity index is 3.21. The Kier molecular flexibility index (Phi) is 28.1. The van der Waals surface area contributed by atoms with Gasteiger partial charge in [0.2, 0.25) is 0 Å². The van der Waals surface area contributed by atoms with Gasteiger partial charge < -0.3 is 9.47 Å². The summed E-state index contributed by atoms with van der Waals surface area (Å²) in [4.78, 5) is 23.6. The van der Waals surface area contributed by atoms with Crippen LogP contribution in [0.5, 0.6) is 0 Å². The lowest BCUT2D eigenvalue weighted by Crippen LogP contribution is -2.05. The molecule has 0 saturated carbocycles. The summed E-state index contributed by atoms with van der Waals surface area (Å²) >= 11 is 0. The van der Waals surface area contributed by atoms with Gasteiger partial charge >= 0.3 is 11.9 Å². The highest BCUT2D eigenvalue weighted by Crippen LogP contribution is 2.15. The summed E-state index contributed by atoms with van der Waals surface area (Å²) in [7, 11) is 0. The van der Waals surface area contributed by atoms with E-state index in [0.717, 1.165) is 50.4 Å². The molecule has 0 fully saturated rings. The second-order valence-electron chi connectivity index (χ2n) is 12.4. The molecule has 0 aliphatic heterocycles. The smallest absolute Gasteiger partial charge is 0.305 e. The molecular weight excluding hydrogens is 472 g/mol. The molecule has 4 nitrogen and oxygen atoms in total. The first-order valence-corrected chi connectivity index (χ1v) is 16.7. The highest BCUT2D eigenvalue weighted by molar-refractivity contribution is 5.69. The van der Waals surface area contributed by atoms with Crippen LogP contribution in [0.25, 0.3) is 0 Å². The molecule has 0 N–H and O–H groups in total. The predicted octanol–water partition coefficient (Wildman–Crippen LogP) is 10.7. The number of unbranched alkanes of at least 4 members (excludes halogenated alkanes) is 17. The van der Waals surface area contributed by atoms with Crippen LogP contribution in [0.2, 0.25) is 0 Å². The summed E-state index contributed by atoms with van der Waals surface area (Å²) in [5.74, 6) is 1.53. The van der Waals surface area contributed by atoms with Crippen LogP contribution >= 0.6 is 0 Å². The summed E-state index contributed by atoms with van der Waals surface area (Å²) in [6.45, 7) is 10.2. The largest absolute Gasteiger partial charge is 0.466 e. The molecule has 0 rings (SSSR count). The molecule has 0 saturated heterocycles. The highest BCUT2D eigenvalue weighted by atomic mass is 16.5. The Morgan fingerprint density at radius 1 is 0.395 bits per heavy atom. The van der Waals surface area contributed by atoms with Crippen LogP contribution in [-0.4, -0.2) is 25.2 Å². The van der Waals surface area contributed by atoms with Crippen LogP contribution in [0, 0.1) is 11.8 Å². The Morgan fingerprint density at radius 3 is 0.947 bits per heavy atom. The van der Waals surface area contributed by atoms with Crippen molar-refractivity contribution in [2.75, 3.05) is 13.2 Å². The van der Waals surface area contributed by atoms with Crippen LogP contribution in [0.3, 0.4) is 0 Å². The van der Waals surface area contributed by atoms with Gasteiger partial charge in [0.25, 0.3) is 0 Å². The SMILES string of the molecule is CC(C)CCCCCOC(=O)CCCCCCCCCCCCCCCCC(=O)OCCCCCC(C)C. The highest BCUT2D eigenvalue weighted by Gasteiger charge is 2.04. The Morgan fingerprint density at radius 2 is 0.658 bits per heavy atom. The second-order valence-corrected chi connectivity index (χ2v) is 12.4. The van der Waals surface area contributed by atoms with E-state index in [-0.39, 0.29) is 11.9 Å². The van der Waals surface area contributed by atoms with E-state index in [1.807, 2.05) is 0 Å². The first kappa shape index (κ1) is 36.9. The fourth-order valence-corrected chi connectivity index (χ4v) is 4.84. The third-order valence-corrected chi connectivity index (χ3v) is 7.39. The molecular formula is C34H66O4. The minimum Gasteiger partial charge on any atom is -0.466 e. The zero-order chi connectivity index (χ0) is 28.1. The average molecular weight is 539 g/mol.